The van der Waals surface area contributed by atoms with E-state index in [1.54, 1.807) is 18.6 Å². The molecule has 0 spiro atoms. The average molecular weight is 339 g/mol. The van der Waals surface area contributed by atoms with E-state index in [1.165, 1.54) is 10.5 Å². The third-order valence-electron chi connectivity index (χ3n) is 4.07. The fraction of sp³-hybridized carbons (Fsp3) is 0.211. The van der Waals surface area contributed by atoms with Gasteiger partial charge in [0.15, 0.2) is 0 Å². The van der Waals surface area contributed by atoms with E-state index in [0.29, 0.717) is 12.0 Å². The predicted molar refractivity (Wildman–Crippen MR) is 95.6 cm³/mol. The van der Waals surface area contributed by atoms with Crippen LogP contribution in [0.4, 0.5) is 0 Å². The van der Waals surface area contributed by atoms with E-state index in [-0.39, 0.29) is 11.9 Å². The Morgan fingerprint density at radius 1 is 1.17 bits per heavy atom. The second kappa shape index (κ2) is 7.53. The molecule has 1 aliphatic heterocycles. The Balaban J connectivity index is 1.62. The van der Waals surface area contributed by atoms with Crippen molar-refractivity contribution in [3.63, 3.8) is 0 Å². The molecule has 5 heteroatoms. The van der Waals surface area contributed by atoms with Crippen LogP contribution >= 0.6 is 11.8 Å². The summed E-state index contributed by atoms with van der Waals surface area (Å²) in [5.41, 5.74) is 7.76. The topological polar surface area (TPSA) is 72.2 Å². The Labute approximate surface area is 145 Å². The normalized spacial score (nSPS) is 16.2. The second-order valence-electron chi connectivity index (χ2n) is 5.67. The number of hydrogen-bond donors (Lipinski definition) is 2. The number of nitrogens with one attached hydrogen (secondary N) is 1. The zero-order valence-electron chi connectivity index (χ0n) is 13.2. The van der Waals surface area contributed by atoms with Crippen molar-refractivity contribution < 1.29 is 9.59 Å². The lowest BCUT2D eigenvalue weighted by Crippen LogP contribution is -2.31. The minimum absolute atomic E-state index is 0.0394. The van der Waals surface area contributed by atoms with Crippen molar-refractivity contribution in [2.75, 3.05) is 5.75 Å². The minimum Gasteiger partial charge on any atom is -0.366 e. The van der Waals surface area contributed by atoms with Gasteiger partial charge in [-0.15, -0.1) is 11.8 Å². The molecule has 1 heterocycles. The number of carbonyl (C=O) groups is 2. The molecule has 1 radical (unpaired) electrons. The quantitative estimate of drug-likeness (QED) is 0.880. The summed E-state index contributed by atoms with van der Waals surface area (Å²) in [4.78, 5) is 24.9. The van der Waals surface area contributed by atoms with E-state index < -0.39 is 5.91 Å². The molecule has 2 aromatic carbocycles. The molecule has 0 aliphatic carbocycles. The molecule has 3 rings (SSSR count). The maximum absolute atomic E-state index is 12.3. The molecule has 0 aromatic heterocycles. The summed E-state index contributed by atoms with van der Waals surface area (Å²) >= 11 is 1.82. The monoisotopic (exact) mass is 339 g/mol. The summed E-state index contributed by atoms with van der Waals surface area (Å²) in [5, 5.41) is 3.07. The number of nitrogens with two attached hydrogens (primary N) is 1. The van der Waals surface area contributed by atoms with Gasteiger partial charge in [-0.25, -0.2) is 0 Å². The van der Waals surface area contributed by atoms with E-state index in [1.807, 2.05) is 36.0 Å². The summed E-state index contributed by atoms with van der Waals surface area (Å²) in [6.07, 6.45) is 2.87. The number of benzene rings is 2. The highest BCUT2D eigenvalue weighted by molar-refractivity contribution is 7.99. The van der Waals surface area contributed by atoms with E-state index in [9.17, 15) is 9.59 Å². The number of rotatable bonds is 5. The molecule has 2 amide bonds. The van der Waals surface area contributed by atoms with Gasteiger partial charge in [-0.05, 0) is 36.1 Å². The van der Waals surface area contributed by atoms with Gasteiger partial charge < -0.3 is 11.1 Å². The minimum atomic E-state index is -0.474. The molecule has 24 heavy (non-hydrogen) atoms. The Morgan fingerprint density at radius 3 is 2.75 bits per heavy atom. The fourth-order valence-corrected chi connectivity index (χ4v) is 3.99. The van der Waals surface area contributed by atoms with E-state index in [2.05, 4.69) is 17.4 Å². The van der Waals surface area contributed by atoms with Gasteiger partial charge in [-0.3, -0.25) is 9.59 Å². The van der Waals surface area contributed by atoms with Crippen LogP contribution in [0.2, 0.25) is 0 Å². The largest absolute Gasteiger partial charge is 0.366 e. The predicted octanol–water partition coefficient (Wildman–Crippen LogP) is 2.89. The summed E-state index contributed by atoms with van der Waals surface area (Å²) in [5.74, 6) is 0.394. The molecule has 3 N–H and O–H groups in total. The van der Waals surface area contributed by atoms with Gasteiger partial charge in [0.25, 0.3) is 0 Å². The highest BCUT2D eigenvalue weighted by atomic mass is 32.2. The van der Waals surface area contributed by atoms with Crippen molar-refractivity contribution in [2.45, 2.75) is 23.8 Å². The molecule has 4 nitrogen and oxygen atoms in total. The van der Waals surface area contributed by atoms with Gasteiger partial charge in [-0.1, -0.05) is 36.4 Å². The highest BCUT2D eigenvalue weighted by Crippen LogP contribution is 2.35. The number of carbonyl (C=O) groups excluding carboxylic acids is 2. The zero-order valence-corrected chi connectivity index (χ0v) is 14.0. The summed E-state index contributed by atoms with van der Waals surface area (Å²) in [7, 11) is 0. The molecule has 1 aliphatic rings. The smallest absolute Gasteiger partial charge is 0.248 e. The maximum atomic E-state index is 12.3. The van der Waals surface area contributed by atoms with Crippen LogP contribution in [0, 0.1) is 6.42 Å². The lowest BCUT2D eigenvalue weighted by Gasteiger charge is -2.25. The molecule has 1 unspecified atom stereocenters. The first-order valence-corrected chi connectivity index (χ1v) is 8.87. The molecule has 0 saturated heterocycles. The van der Waals surface area contributed by atoms with Gasteiger partial charge in [0.2, 0.25) is 11.8 Å². The van der Waals surface area contributed by atoms with E-state index in [4.69, 9.17) is 5.73 Å². The van der Waals surface area contributed by atoms with Crippen LogP contribution in [0.1, 0.15) is 33.9 Å². The Hall–Kier alpha value is -2.27. The van der Waals surface area contributed by atoms with Gasteiger partial charge in [0.05, 0.1) is 12.5 Å². The number of amides is 2. The molecular weight excluding hydrogens is 320 g/mol. The van der Waals surface area contributed by atoms with E-state index >= 15 is 0 Å². The van der Waals surface area contributed by atoms with Gasteiger partial charge in [0.1, 0.15) is 0 Å². The highest BCUT2D eigenvalue weighted by Gasteiger charge is 2.22. The van der Waals surface area contributed by atoms with Crippen LogP contribution in [0.5, 0.6) is 0 Å². The first kappa shape index (κ1) is 16.6. The fourth-order valence-electron chi connectivity index (χ4n) is 2.86. The van der Waals surface area contributed by atoms with Crippen molar-refractivity contribution in [3.05, 3.63) is 71.6 Å². The molecule has 123 valence electrons. The van der Waals surface area contributed by atoms with Crippen LogP contribution < -0.4 is 11.1 Å². The number of thioether (sulfide) groups is 1. The number of primary amides is 1. The first-order chi connectivity index (χ1) is 11.6. The maximum Gasteiger partial charge on any atom is 0.248 e. The van der Waals surface area contributed by atoms with Crippen molar-refractivity contribution in [1.29, 1.82) is 0 Å². The molecule has 0 fully saturated rings. The van der Waals surface area contributed by atoms with Crippen molar-refractivity contribution in [2.24, 2.45) is 5.73 Å². The van der Waals surface area contributed by atoms with Gasteiger partial charge >= 0.3 is 0 Å². The average Bonchev–Trinajstić information content (AvgIpc) is 2.60. The zero-order chi connectivity index (χ0) is 16.9. The van der Waals surface area contributed by atoms with Crippen LogP contribution in [0.3, 0.4) is 0 Å². The number of fused-ring (bicyclic) bond motifs is 1. The molecular formula is C19H19N2O2S. The molecule has 1 atom stereocenters. The van der Waals surface area contributed by atoms with Gasteiger partial charge in [-0.2, -0.15) is 0 Å². The summed E-state index contributed by atoms with van der Waals surface area (Å²) in [6, 6.07) is 15.3. The molecule has 0 saturated carbocycles. The van der Waals surface area contributed by atoms with Crippen molar-refractivity contribution in [3.8, 4) is 0 Å². The SMILES string of the molecule is NC(=O)c1ccccc1C[CH]C(=O)NC1CCSc2ccccc21. The van der Waals surface area contributed by atoms with Gasteiger partial charge in [0, 0.05) is 16.2 Å². The lowest BCUT2D eigenvalue weighted by molar-refractivity contribution is -0.118. The second-order valence-corrected chi connectivity index (χ2v) is 6.80. The van der Waals surface area contributed by atoms with Crippen molar-refractivity contribution in [1.82, 2.24) is 5.32 Å². The number of hydrogen-bond acceptors (Lipinski definition) is 3. The lowest BCUT2D eigenvalue weighted by atomic mass is 10.0. The summed E-state index contributed by atoms with van der Waals surface area (Å²) in [6.45, 7) is 0. The van der Waals surface area contributed by atoms with Crippen LogP contribution in [-0.4, -0.2) is 17.6 Å². The third-order valence-corrected chi connectivity index (χ3v) is 5.19. The van der Waals surface area contributed by atoms with Crippen LogP contribution in [-0.2, 0) is 11.2 Å². The summed E-state index contributed by atoms with van der Waals surface area (Å²) < 4.78 is 0. The standard InChI is InChI=1S/C19H19N2O2S/c20-19(23)14-6-2-1-5-13(14)9-10-18(22)21-16-11-12-24-17-8-4-3-7-15(16)17/h1-8,10,16H,9,11-12H2,(H2,20,23)(H,21,22). The Morgan fingerprint density at radius 2 is 1.92 bits per heavy atom. The van der Waals surface area contributed by atoms with E-state index in [0.717, 1.165) is 17.7 Å². The Kier molecular flexibility index (Phi) is 5.20. The molecule has 2 aromatic rings. The third kappa shape index (κ3) is 3.79. The Bertz CT molecular complexity index is 761. The van der Waals surface area contributed by atoms with Crippen LogP contribution in [0.25, 0.3) is 0 Å². The first-order valence-electron chi connectivity index (χ1n) is 7.88. The van der Waals surface area contributed by atoms with Crippen LogP contribution in [0.15, 0.2) is 53.4 Å². The molecule has 0 bridgehead atoms. The van der Waals surface area contributed by atoms with Crippen molar-refractivity contribution >= 4 is 23.6 Å².